The first-order valence-corrected chi connectivity index (χ1v) is 9.54. The highest BCUT2D eigenvalue weighted by atomic mass is 16.5. The van der Waals surface area contributed by atoms with Gasteiger partial charge in [-0.3, -0.25) is 9.38 Å². The van der Waals surface area contributed by atoms with Crippen LogP contribution < -0.4 is 5.32 Å². The summed E-state index contributed by atoms with van der Waals surface area (Å²) >= 11 is 0. The lowest BCUT2D eigenvalue weighted by molar-refractivity contribution is -0.0196. The largest absolute Gasteiger partial charge is 0.375 e. The molecule has 5 heteroatoms. The molecule has 5 rings (SSSR count). The number of nitrogens with one attached hydrogen (secondary N) is 1. The average Bonchev–Trinajstić information content (AvgIpc) is 3.27. The fraction of sp³-hybridized carbons (Fsp3) is 0.429. The number of hydrogen-bond donors (Lipinski definition) is 1. The van der Waals surface area contributed by atoms with Gasteiger partial charge in [-0.15, -0.1) is 0 Å². The molecular formula is C21H24N4O. The molecule has 2 aliphatic heterocycles. The molecule has 2 aliphatic rings. The van der Waals surface area contributed by atoms with E-state index in [1.165, 1.54) is 0 Å². The molecule has 0 aromatic carbocycles. The summed E-state index contributed by atoms with van der Waals surface area (Å²) in [6, 6.07) is 12.4. The minimum absolute atomic E-state index is 0.120. The van der Waals surface area contributed by atoms with Crippen molar-refractivity contribution in [3.05, 3.63) is 54.5 Å². The molecule has 134 valence electrons. The lowest BCUT2D eigenvalue weighted by Gasteiger charge is -2.33. The van der Waals surface area contributed by atoms with E-state index in [4.69, 9.17) is 9.72 Å². The Morgan fingerprint density at radius 3 is 3.00 bits per heavy atom. The monoisotopic (exact) mass is 348 g/mol. The van der Waals surface area contributed by atoms with Gasteiger partial charge in [-0.2, -0.15) is 0 Å². The summed E-state index contributed by atoms with van der Waals surface area (Å²) in [7, 11) is 0. The van der Waals surface area contributed by atoms with Gasteiger partial charge in [-0.25, -0.2) is 4.98 Å². The third-order valence-electron chi connectivity index (χ3n) is 5.78. The van der Waals surface area contributed by atoms with Crippen LogP contribution in [0.1, 0.15) is 25.0 Å². The number of piperidine rings is 1. The highest BCUT2D eigenvalue weighted by Crippen LogP contribution is 2.38. The molecule has 2 saturated heterocycles. The van der Waals surface area contributed by atoms with Crippen LogP contribution in [0.5, 0.6) is 0 Å². The molecule has 3 aromatic heterocycles. The molecule has 1 N–H and O–H groups in total. The zero-order valence-corrected chi connectivity index (χ0v) is 14.9. The van der Waals surface area contributed by atoms with Crippen molar-refractivity contribution in [2.75, 3.05) is 19.7 Å². The topological polar surface area (TPSA) is 51.5 Å². The van der Waals surface area contributed by atoms with Gasteiger partial charge in [0.25, 0.3) is 0 Å². The van der Waals surface area contributed by atoms with Gasteiger partial charge >= 0.3 is 0 Å². The minimum Gasteiger partial charge on any atom is -0.375 e. The molecule has 1 spiro atoms. The molecular weight excluding hydrogens is 324 g/mol. The predicted octanol–water partition coefficient (Wildman–Crippen LogP) is 3.10. The van der Waals surface area contributed by atoms with Gasteiger partial charge in [-0.1, -0.05) is 12.1 Å². The molecule has 26 heavy (non-hydrogen) atoms. The number of nitrogens with zero attached hydrogens (tertiary/aromatic N) is 3. The van der Waals surface area contributed by atoms with E-state index in [0.717, 1.165) is 68.1 Å². The maximum atomic E-state index is 6.24. The maximum absolute atomic E-state index is 6.24. The van der Waals surface area contributed by atoms with Gasteiger partial charge < -0.3 is 10.1 Å². The first kappa shape index (κ1) is 16.0. The smallest absolute Gasteiger partial charge is 0.137 e. The van der Waals surface area contributed by atoms with Crippen molar-refractivity contribution in [2.45, 2.75) is 31.3 Å². The van der Waals surface area contributed by atoms with Gasteiger partial charge in [-0.05, 0) is 69.0 Å². The average molecular weight is 348 g/mol. The first-order valence-electron chi connectivity index (χ1n) is 9.54. The van der Waals surface area contributed by atoms with Crippen molar-refractivity contribution in [1.82, 2.24) is 19.7 Å². The van der Waals surface area contributed by atoms with Crippen molar-refractivity contribution in [3.8, 4) is 11.4 Å². The van der Waals surface area contributed by atoms with Crippen LogP contribution in [-0.2, 0) is 11.2 Å². The van der Waals surface area contributed by atoms with E-state index in [9.17, 15) is 0 Å². The fourth-order valence-electron chi connectivity index (χ4n) is 4.45. The highest BCUT2D eigenvalue weighted by Gasteiger charge is 2.41. The Morgan fingerprint density at radius 1 is 1.15 bits per heavy atom. The molecule has 0 aliphatic carbocycles. The van der Waals surface area contributed by atoms with Crippen molar-refractivity contribution < 1.29 is 4.74 Å². The normalized spacial score (nSPS) is 22.2. The van der Waals surface area contributed by atoms with E-state index in [1.807, 2.05) is 30.6 Å². The Hall–Kier alpha value is -2.24. The molecule has 2 fully saturated rings. The van der Waals surface area contributed by atoms with E-state index < -0.39 is 0 Å². The zero-order valence-electron chi connectivity index (χ0n) is 14.9. The second kappa shape index (κ2) is 6.49. The van der Waals surface area contributed by atoms with Crippen LogP contribution in [0.3, 0.4) is 0 Å². The molecule has 0 amide bonds. The van der Waals surface area contributed by atoms with E-state index in [2.05, 4.69) is 32.9 Å². The number of hydrogen-bond acceptors (Lipinski definition) is 4. The standard InChI is InChI=1S/C21H24N4O/c1-2-11-25-19(14-23-20(25)6-1)18-5-3-4-17(24-18)12-16-13-21(26-15-16)7-9-22-10-8-21/h1-6,11,14,16,22H,7-10,12-13,15H2/t16-/m1/s1. The third kappa shape index (κ3) is 2.91. The number of fused-ring (bicyclic) bond motifs is 1. The molecule has 0 bridgehead atoms. The van der Waals surface area contributed by atoms with Gasteiger partial charge in [0.15, 0.2) is 0 Å². The van der Waals surface area contributed by atoms with Crippen LogP contribution in [-0.4, -0.2) is 39.7 Å². The number of imidazole rings is 1. The predicted molar refractivity (Wildman–Crippen MR) is 101 cm³/mol. The Labute approximate surface area is 153 Å². The Bertz CT molecular complexity index is 913. The number of ether oxygens (including phenoxy) is 1. The highest BCUT2D eigenvalue weighted by molar-refractivity contribution is 5.60. The maximum Gasteiger partial charge on any atom is 0.137 e. The first-order chi connectivity index (χ1) is 12.8. The van der Waals surface area contributed by atoms with Crippen LogP contribution in [0.15, 0.2) is 48.8 Å². The summed E-state index contributed by atoms with van der Waals surface area (Å²) in [4.78, 5) is 9.42. The van der Waals surface area contributed by atoms with Crippen molar-refractivity contribution in [2.24, 2.45) is 5.92 Å². The van der Waals surface area contributed by atoms with Crippen molar-refractivity contribution >= 4 is 5.65 Å². The molecule has 0 radical (unpaired) electrons. The van der Waals surface area contributed by atoms with Crippen LogP contribution in [0.2, 0.25) is 0 Å². The van der Waals surface area contributed by atoms with Crippen LogP contribution >= 0.6 is 0 Å². The van der Waals surface area contributed by atoms with E-state index >= 15 is 0 Å². The van der Waals surface area contributed by atoms with Crippen LogP contribution in [0.25, 0.3) is 17.0 Å². The number of pyridine rings is 2. The quantitative estimate of drug-likeness (QED) is 0.790. The van der Waals surface area contributed by atoms with Crippen LogP contribution in [0, 0.1) is 5.92 Å². The Balaban J connectivity index is 1.36. The summed E-state index contributed by atoms with van der Waals surface area (Å²) in [6.45, 7) is 3.02. The van der Waals surface area contributed by atoms with Gasteiger partial charge in [0, 0.05) is 11.9 Å². The minimum atomic E-state index is 0.120. The van der Waals surface area contributed by atoms with E-state index in [1.54, 1.807) is 0 Å². The fourth-order valence-corrected chi connectivity index (χ4v) is 4.45. The third-order valence-corrected chi connectivity index (χ3v) is 5.78. The summed E-state index contributed by atoms with van der Waals surface area (Å²) < 4.78 is 8.34. The second-order valence-corrected chi connectivity index (χ2v) is 7.60. The molecule has 1 atom stereocenters. The molecule has 3 aromatic rings. The Kier molecular flexibility index (Phi) is 3.98. The summed E-state index contributed by atoms with van der Waals surface area (Å²) in [5.74, 6) is 0.568. The second-order valence-electron chi connectivity index (χ2n) is 7.60. The lowest BCUT2D eigenvalue weighted by Crippen LogP contribution is -2.41. The van der Waals surface area contributed by atoms with Gasteiger partial charge in [0.2, 0.25) is 0 Å². The number of rotatable bonds is 3. The van der Waals surface area contributed by atoms with Crippen LogP contribution in [0.4, 0.5) is 0 Å². The van der Waals surface area contributed by atoms with Crippen molar-refractivity contribution in [1.29, 1.82) is 0 Å². The van der Waals surface area contributed by atoms with Gasteiger partial charge in [0.05, 0.1) is 29.8 Å². The van der Waals surface area contributed by atoms with E-state index in [-0.39, 0.29) is 5.60 Å². The van der Waals surface area contributed by atoms with E-state index in [0.29, 0.717) is 5.92 Å². The molecule has 0 unspecified atom stereocenters. The van der Waals surface area contributed by atoms with Gasteiger partial charge in [0.1, 0.15) is 5.65 Å². The molecule has 5 nitrogen and oxygen atoms in total. The Morgan fingerprint density at radius 2 is 2.08 bits per heavy atom. The van der Waals surface area contributed by atoms with Crippen molar-refractivity contribution in [3.63, 3.8) is 0 Å². The molecule has 5 heterocycles. The summed E-state index contributed by atoms with van der Waals surface area (Å²) in [5.41, 5.74) is 4.24. The summed E-state index contributed by atoms with van der Waals surface area (Å²) in [6.07, 6.45) is 8.37. The zero-order chi connectivity index (χ0) is 17.4. The lowest BCUT2D eigenvalue weighted by atomic mass is 9.85. The number of aromatic nitrogens is 3. The summed E-state index contributed by atoms with van der Waals surface area (Å²) in [5, 5.41) is 3.44. The molecule has 0 saturated carbocycles. The SMILES string of the molecule is c1cc(C[C@H]2COC3(CCNCC3)C2)nc(-c2cnc3ccccn23)c1.